The molecule has 0 aliphatic carbocycles. The number of rotatable bonds is 4. The van der Waals surface area contributed by atoms with Crippen LogP contribution in [0.25, 0.3) is 0 Å². The van der Waals surface area contributed by atoms with E-state index in [1.807, 2.05) is 24.3 Å². The standard InChI is InChI=1S/C15H20BrN3O2/c1-10(20)18-14(11-2-4-12(16)5-3-11)8-15(21)19-7-6-13(17)9-19/h2-5,13-14H,6-9,17H2,1H3,(H,18,20)/t13-,14+/m1/s1. The second-order valence-corrected chi connectivity index (χ2v) is 6.31. The Morgan fingerprint density at radius 2 is 2.10 bits per heavy atom. The minimum absolute atomic E-state index is 0.0321. The summed E-state index contributed by atoms with van der Waals surface area (Å²) < 4.78 is 0.963. The first-order valence-corrected chi connectivity index (χ1v) is 7.81. The van der Waals surface area contributed by atoms with Crippen LogP contribution in [-0.4, -0.2) is 35.8 Å². The summed E-state index contributed by atoms with van der Waals surface area (Å²) in [5.74, 6) is -0.113. The molecule has 1 fully saturated rings. The molecule has 2 atom stereocenters. The Morgan fingerprint density at radius 1 is 1.43 bits per heavy atom. The van der Waals surface area contributed by atoms with Crippen molar-refractivity contribution < 1.29 is 9.59 Å². The van der Waals surface area contributed by atoms with E-state index in [1.54, 1.807) is 4.90 Å². The molecule has 2 amide bonds. The van der Waals surface area contributed by atoms with Crippen molar-refractivity contribution in [1.82, 2.24) is 10.2 Å². The maximum absolute atomic E-state index is 12.3. The van der Waals surface area contributed by atoms with Crippen LogP contribution in [-0.2, 0) is 9.59 Å². The number of nitrogens with zero attached hydrogens (tertiary/aromatic N) is 1. The normalized spacial score (nSPS) is 19.4. The fraction of sp³-hybridized carbons (Fsp3) is 0.467. The van der Waals surface area contributed by atoms with Crippen molar-refractivity contribution in [1.29, 1.82) is 0 Å². The number of nitrogens with one attached hydrogen (secondary N) is 1. The van der Waals surface area contributed by atoms with Crippen LogP contribution in [0.2, 0.25) is 0 Å². The second-order valence-electron chi connectivity index (χ2n) is 5.40. The molecule has 0 unspecified atom stereocenters. The molecule has 1 saturated heterocycles. The molecule has 21 heavy (non-hydrogen) atoms. The maximum Gasteiger partial charge on any atom is 0.225 e. The summed E-state index contributed by atoms with van der Waals surface area (Å²) >= 11 is 3.38. The highest BCUT2D eigenvalue weighted by molar-refractivity contribution is 9.10. The van der Waals surface area contributed by atoms with Gasteiger partial charge in [0, 0.05) is 30.5 Å². The Bertz CT molecular complexity index is 518. The van der Waals surface area contributed by atoms with E-state index in [0.717, 1.165) is 16.5 Å². The molecule has 6 heteroatoms. The minimum atomic E-state index is -0.306. The lowest BCUT2D eigenvalue weighted by Gasteiger charge is -2.22. The van der Waals surface area contributed by atoms with Crippen molar-refractivity contribution in [2.24, 2.45) is 5.73 Å². The Hall–Kier alpha value is -1.40. The molecule has 0 aromatic heterocycles. The third-order valence-corrected chi connectivity index (χ3v) is 4.13. The van der Waals surface area contributed by atoms with Crippen molar-refractivity contribution in [3.05, 3.63) is 34.3 Å². The van der Waals surface area contributed by atoms with Crippen molar-refractivity contribution in [2.75, 3.05) is 13.1 Å². The van der Waals surface area contributed by atoms with Gasteiger partial charge in [-0.25, -0.2) is 0 Å². The second kappa shape index (κ2) is 7.04. The van der Waals surface area contributed by atoms with Crippen LogP contribution >= 0.6 is 15.9 Å². The van der Waals surface area contributed by atoms with E-state index >= 15 is 0 Å². The summed E-state index contributed by atoms with van der Waals surface area (Å²) in [5, 5.41) is 2.85. The molecule has 3 N–H and O–H groups in total. The summed E-state index contributed by atoms with van der Waals surface area (Å²) in [6.07, 6.45) is 1.10. The monoisotopic (exact) mass is 353 g/mol. The highest BCUT2D eigenvalue weighted by Crippen LogP contribution is 2.21. The molecule has 0 saturated carbocycles. The van der Waals surface area contributed by atoms with Gasteiger partial charge in [0.2, 0.25) is 11.8 Å². The van der Waals surface area contributed by atoms with Crippen molar-refractivity contribution in [3.63, 3.8) is 0 Å². The van der Waals surface area contributed by atoms with Gasteiger partial charge in [-0.1, -0.05) is 28.1 Å². The van der Waals surface area contributed by atoms with Gasteiger partial charge in [0.25, 0.3) is 0 Å². The molecule has 5 nitrogen and oxygen atoms in total. The molecule has 1 aliphatic heterocycles. The topological polar surface area (TPSA) is 75.4 Å². The van der Waals surface area contributed by atoms with Gasteiger partial charge in [0.15, 0.2) is 0 Å². The summed E-state index contributed by atoms with van der Waals surface area (Å²) in [5.41, 5.74) is 6.75. The number of hydrogen-bond acceptors (Lipinski definition) is 3. The van der Waals surface area contributed by atoms with E-state index in [-0.39, 0.29) is 30.3 Å². The van der Waals surface area contributed by atoms with Gasteiger partial charge in [-0.2, -0.15) is 0 Å². The number of amides is 2. The Morgan fingerprint density at radius 3 is 2.62 bits per heavy atom. The number of halogens is 1. The van der Waals surface area contributed by atoms with E-state index in [4.69, 9.17) is 5.73 Å². The number of likely N-dealkylation sites (tertiary alicyclic amines) is 1. The summed E-state index contributed by atoms with van der Waals surface area (Å²) in [7, 11) is 0. The summed E-state index contributed by atoms with van der Waals surface area (Å²) in [6.45, 7) is 2.77. The van der Waals surface area contributed by atoms with Crippen LogP contribution in [0.4, 0.5) is 0 Å². The molecule has 1 aliphatic rings. The average Bonchev–Trinajstić information content (AvgIpc) is 2.85. The predicted molar refractivity (Wildman–Crippen MR) is 84.5 cm³/mol. The lowest BCUT2D eigenvalue weighted by Crippen LogP contribution is -2.36. The minimum Gasteiger partial charge on any atom is -0.349 e. The number of carbonyl (C=O) groups excluding carboxylic acids is 2. The third-order valence-electron chi connectivity index (χ3n) is 3.61. The van der Waals surface area contributed by atoms with Gasteiger partial charge in [-0.3, -0.25) is 9.59 Å². The molecule has 1 aromatic rings. The van der Waals surface area contributed by atoms with Crippen molar-refractivity contribution in [2.45, 2.75) is 31.8 Å². The van der Waals surface area contributed by atoms with Gasteiger partial charge in [-0.15, -0.1) is 0 Å². The fourth-order valence-electron chi connectivity index (χ4n) is 2.51. The van der Waals surface area contributed by atoms with E-state index in [1.165, 1.54) is 6.92 Å². The highest BCUT2D eigenvalue weighted by atomic mass is 79.9. The molecule has 0 radical (unpaired) electrons. The predicted octanol–water partition coefficient (Wildman–Crippen LogP) is 1.58. The van der Waals surface area contributed by atoms with Crippen molar-refractivity contribution in [3.8, 4) is 0 Å². The zero-order chi connectivity index (χ0) is 15.4. The Labute approximate surface area is 133 Å². The SMILES string of the molecule is CC(=O)N[C@@H](CC(=O)N1CC[C@@H](N)C1)c1ccc(Br)cc1. The van der Waals surface area contributed by atoms with Crippen LogP contribution in [0.3, 0.4) is 0 Å². The van der Waals surface area contributed by atoms with Crippen LogP contribution in [0, 0.1) is 0 Å². The molecular formula is C15H20BrN3O2. The summed E-state index contributed by atoms with van der Waals surface area (Å²) in [4.78, 5) is 25.5. The van der Waals surface area contributed by atoms with Crippen LogP contribution in [0.1, 0.15) is 31.4 Å². The molecule has 0 bridgehead atoms. The van der Waals surface area contributed by atoms with Gasteiger partial charge < -0.3 is 16.0 Å². The average molecular weight is 354 g/mol. The lowest BCUT2D eigenvalue weighted by molar-refractivity contribution is -0.131. The fourth-order valence-corrected chi connectivity index (χ4v) is 2.77. The molecule has 114 valence electrons. The number of nitrogens with two attached hydrogens (primary N) is 1. The zero-order valence-electron chi connectivity index (χ0n) is 12.0. The lowest BCUT2D eigenvalue weighted by atomic mass is 10.0. The van der Waals surface area contributed by atoms with Gasteiger partial charge in [-0.05, 0) is 24.1 Å². The molecular weight excluding hydrogens is 334 g/mol. The highest BCUT2D eigenvalue weighted by Gasteiger charge is 2.26. The molecule has 1 heterocycles. The number of benzene rings is 1. The first-order valence-electron chi connectivity index (χ1n) is 7.01. The van der Waals surface area contributed by atoms with Gasteiger partial charge in [0.1, 0.15) is 0 Å². The molecule has 2 rings (SSSR count). The Balaban J connectivity index is 2.07. The Kier molecular flexibility index (Phi) is 5.36. The number of carbonyl (C=O) groups is 2. The van der Waals surface area contributed by atoms with Crippen LogP contribution < -0.4 is 11.1 Å². The van der Waals surface area contributed by atoms with Crippen LogP contribution in [0.5, 0.6) is 0 Å². The maximum atomic E-state index is 12.3. The molecule has 0 spiro atoms. The van der Waals surface area contributed by atoms with E-state index in [9.17, 15) is 9.59 Å². The van der Waals surface area contributed by atoms with Crippen molar-refractivity contribution >= 4 is 27.7 Å². The third kappa shape index (κ3) is 4.54. The van der Waals surface area contributed by atoms with Gasteiger partial charge >= 0.3 is 0 Å². The van der Waals surface area contributed by atoms with Crippen LogP contribution in [0.15, 0.2) is 28.7 Å². The zero-order valence-corrected chi connectivity index (χ0v) is 13.6. The van der Waals surface area contributed by atoms with E-state index in [0.29, 0.717) is 13.1 Å². The first-order chi connectivity index (χ1) is 9.95. The quantitative estimate of drug-likeness (QED) is 0.862. The van der Waals surface area contributed by atoms with Gasteiger partial charge in [0.05, 0.1) is 12.5 Å². The molecule has 1 aromatic carbocycles. The smallest absolute Gasteiger partial charge is 0.225 e. The van der Waals surface area contributed by atoms with E-state index < -0.39 is 0 Å². The van der Waals surface area contributed by atoms with E-state index in [2.05, 4.69) is 21.2 Å². The summed E-state index contributed by atoms with van der Waals surface area (Å²) in [6, 6.07) is 7.39. The largest absolute Gasteiger partial charge is 0.349 e. The number of hydrogen-bond donors (Lipinski definition) is 2. The first kappa shape index (κ1) is 16.0.